The molecule has 5 aromatic rings. The van der Waals surface area contributed by atoms with Crippen LogP contribution in [0.15, 0.2) is 130 Å². The predicted molar refractivity (Wildman–Crippen MR) is 520 cm³/mol. The van der Waals surface area contributed by atoms with E-state index in [4.69, 9.17) is 17.2 Å². The van der Waals surface area contributed by atoms with Crippen molar-refractivity contribution < 1.29 is 147 Å². The molecular weight excluding hydrogens is 1990 g/mol. The number of carboxylic acid groups (broad SMARTS) is 4. The van der Waals surface area contributed by atoms with E-state index in [-0.39, 0.29) is 23.3 Å². The molecule has 2 aliphatic rings. The molecule has 143 heavy (non-hydrogen) atoms. The summed E-state index contributed by atoms with van der Waals surface area (Å²) in [5.74, 6) is -37.6. The van der Waals surface area contributed by atoms with Gasteiger partial charge >= 0.3 is 23.9 Å². The number of carbonyl (C=O) groups excluding carboxylic acids is 16. The van der Waals surface area contributed by atoms with Crippen LogP contribution in [0.1, 0.15) is 122 Å². The van der Waals surface area contributed by atoms with Crippen molar-refractivity contribution in [3.63, 3.8) is 0 Å². The van der Waals surface area contributed by atoms with Crippen LogP contribution in [-0.2, 0) is 145 Å². The number of thioether (sulfide) groups is 3. The Hall–Kier alpha value is -13.0. The van der Waals surface area contributed by atoms with E-state index >= 15 is 14.4 Å². The molecule has 0 aromatic heterocycles. The molecule has 0 unspecified atom stereocenters. The Labute approximate surface area is 835 Å². The third kappa shape index (κ3) is 37.4. The third-order valence-corrected chi connectivity index (χ3v) is 32.1. The normalized spacial score (nSPS) is 24.8. The van der Waals surface area contributed by atoms with Crippen LogP contribution in [0.4, 0.5) is 0 Å². The maximum atomic E-state index is 15.3. The number of carboxylic acids is 4. The molecule has 0 radical (unpaired) electrons. The number of rotatable bonds is 22. The number of sulfone groups is 3. The van der Waals surface area contributed by atoms with Crippen LogP contribution in [0.3, 0.4) is 0 Å². The highest BCUT2D eigenvalue weighted by molar-refractivity contribution is 8.01. The Morgan fingerprint density at radius 3 is 1.31 bits per heavy atom. The molecule has 7 rings (SSSR count). The lowest BCUT2D eigenvalue weighted by atomic mass is 9.81. The summed E-state index contributed by atoms with van der Waals surface area (Å²) >= 11 is 1.94. The number of nitrogens with two attached hydrogens (primary N) is 3. The van der Waals surface area contributed by atoms with Crippen LogP contribution in [0.5, 0.6) is 5.75 Å². The van der Waals surface area contributed by atoms with Gasteiger partial charge in [0.2, 0.25) is 76.8 Å². The Morgan fingerprint density at radius 2 is 0.825 bits per heavy atom. The first-order valence-electron chi connectivity index (χ1n) is 45.0. The van der Waals surface area contributed by atoms with E-state index in [2.05, 4.69) is 58.5 Å². The first-order chi connectivity index (χ1) is 67.0. The number of carbonyl (C=O) groups is 20. The Morgan fingerprint density at radius 1 is 0.413 bits per heavy atom. The highest BCUT2D eigenvalue weighted by Crippen LogP contribution is 2.31. The van der Waals surface area contributed by atoms with Crippen molar-refractivity contribution >= 4 is 194 Å². The van der Waals surface area contributed by atoms with Gasteiger partial charge in [-0.2, -0.15) is 35.3 Å². The number of ketones is 3. The maximum Gasteiger partial charge on any atom is 0.305 e. The van der Waals surface area contributed by atoms with Crippen molar-refractivity contribution in [2.75, 3.05) is 51.8 Å². The van der Waals surface area contributed by atoms with Gasteiger partial charge in [-0.3, -0.25) is 95.9 Å². The van der Waals surface area contributed by atoms with Gasteiger partial charge < -0.3 is 101 Å². The lowest BCUT2D eigenvalue weighted by molar-refractivity contribution is -0.142. The minimum atomic E-state index is -5.03. The first-order valence-corrected chi connectivity index (χ1v) is 53.4. The molecule has 15 atom stereocenters. The van der Waals surface area contributed by atoms with Gasteiger partial charge in [-0.05, 0) is 103 Å². The quantitative estimate of drug-likeness (QED) is 0.0369. The molecule has 5 aromatic carbocycles. The Bertz CT molecular complexity index is 5950. The van der Waals surface area contributed by atoms with Crippen molar-refractivity contribution in [2.45, 2.75) is 212 Å². The number of Topliss-reactive ketones (excluding diaryl/α,β-unsaturated/α-hetero) is 3. The van der Waals surface area contributed by atoms with Gasteiger partial charge in [0.15, 0.2) is 41.1 Å². The smallest absolute Gasteiger partial charge is 0.305 e. The number of phenols is 1. The molecule has 22 N–H and O–H groups in total. The number of aliphatic carboxylic acids is 4. The van der Waals surface area contributed by atoms with Crippen LogP contribution in [0.2, 0.25) is 0 Å². The first kappa shape index (κ1) is 117. The van der Waals surface area contributed by atoms with Crippen molar-refractivity contribution in [3.05, 3.63) is 132 Å². The average Bonchev–Trinajstić information content (AvgIpc) is 0.773. The second-order valence-electron chi connectivity index (χ2n) is 35.5. The fraction of sp³-hybridized carbons (Fsp3) is 0.478. The largest absolute Gasteiger partial charge is 0.508 e. The molecule has 0 fully saturated rings. The zero-order valence-corrected chi connectivity index (χ0v) is 83.6. The SMILES string of the molecule is C[C@H](N)C(=O)C[C@H]1CSCCS(=O)(=O)c2cc3cc(c2)S(=O)(=O)CCSC[C@@H](NC(=O)[C@@H](C)NC(=O)[C@H](Cc2cccc4ccccc24)CC(=O)[C@H](CCC(=O)O)NC(=O)[C@H](CC(N)=O)NC(=O)[C@@H](C)NC1=O)C(=O)N[C@@H](CCC(=O)O)C(=O)N[C@@H](CC(=O)O)C(=O)N[C@@H](Cc1ccccc1)C(=O)N[C@@H](Cc1ccc(O)cc1)C(=O)N[C@@H](CC(=O)O)C(=O)N[C@@H](C(C)(C)C)C(=O)C[C@H](C(N)=O)CSCCS3(=O)=O. The fourth-order valence-corrected chi connectivity index (χ4v) is 23.8. The highest BCUT2D eigenvalue weighted by Gasteiger charge is 2.42. The lowest BCUT2D eigenvalue weighted by Gasteiger charge is -2.32. The van der Waals surface area contributed by atoms with Gasteiger partial charge in [-0.15, -0.1) is 0 Å². The van der Waals surface area contributed by atoms with Crippen LogP contribution in [0.25, 0.3) is 10.8 Å². The molecule has 0 aliphatic carbocycles. The topological polar surface area (TPSA) is 755 Å². The molecule has 778 valence electrons. The van der Waals surface area contributed by atoms with Crippen molar-refractivity contribution in [2.24, 2.45) is 40.4 Å². The van der Waals surface area contributed by atoms with Gasteiger partial charge in [-0.1, -0.05) is 106 Å². The predicted octanol–water partition coefficient (Wildman–Crippen LogP) is -1.65. The van der Waals surface area contributed by atoms with Crippen LogP contribution < -0.4 is 75.7 Å². The highest BCUT2D eigenvalue weighted by atomic mass is 32.2. The van der Waals surface area contributed by atoms with Gasteiger partial charge in [0.05, 0.1) is 81.2 Å². The van der Waals surface area contributed by atoms with Crippen molar-refractivity contribution in [1.82, 2.24) is 58.5 Å². The van der Waals surface area contributed by atoms with E-state index in [1.165, 1.54) is 76.2 Å². The molecular formula is C92H118N14O31S6. The van der Waals surface area contributed by atoms with E-state index in [1.807, 2.05) is 0 Å². The minimum Gasteiger partial charge on any atom is -0.508 e. The van der Waals surface area contributed by atoms with E-state index in [0.29, 0.717) is 69.8 Å². The number of hydrogen-bond donors (Lipinski definition) is 19. The molecule has 0 spiro atoms. The maximum absolute atomic E-state index is 15.3. The van der Waals surface area contributed by atoms with Crippen molar-refractivity contribution in [3.8, 4) is 5.75 Å². The minimum absolute atomic E-state index is 0.178. The van der Waals surface area contributed by atoms with E-state index in [1.54, 1.807) is 48.5 Å². The van der Waals surface area contributed by atoms with Crippen LogP contribution in [-0.4, -0.2) is 293 Å². The summed E-state index contributed by atoms with van der Waals surface area (Å²) in [6.45, 7) is 7.81. The molecule has 2 heterocycles. The number of nitrogens with one attached hydrogen (secondary N) is 11. The Kier molecular flexibility index (Phi) is 44.1. The summed E-state index contributed by atoms with van der Waals surface area (Å²) in [7, 11) is -14.9. The second kappa shape index (κ2) is 53.9. The van der Waals surface area contributed by atoms with Crippen molar-refractivity contribution in [1.29, 1.82) is 0 Å². The lowest BCUT2D eigenvalue weighted by Crippen LogP contribution is -2.61. The molecule has 45 nitrogen and oxygen atoms in total. The molecule has 51 heteroatoms. The number of phenolic OH excluding ortho intramolecular Hbond substituents is 1. The van der Waals surface area contributed by atoms with E-state index < -0.39 is 387 Å². The molecule has 0 saturated carbocycles. The third-order valence-electron chi connectivity index (χ3n) is 22.9. The van der Waals surface area contributed by atoms with Crippen LogP contribution >= 0.6 is 35.3 Å². The summed E-state index contributed by atoms with van der Waals surface area (Å²) < 4.78 is 89.1. The van der Waals surface area contributed by atoms with Crippen LogP contribution in [0, 0.1) is 23.2 Å². The molecule has 4 bridgehead atoms. The number of aromatic hydroxyl groups is 1. The summed E-state index contributed by atoms with van der Waals surface area (Å²) in [6.07, 6.45) is -11.0. The van der Waals surface area contributed by atoms with Gasteiger partial charge in [0.1, 0.15) is 65.9 Å². The fourth-order valence-electron chi connectivity index (χ4n) is 14.9. The monoisotopic (exact) mass is 2110 g/mol. The zero-order valence-electron chi connectivity index (χ0n) is 78.7. The zero-order chi connectivity index (χ0) is 106. The number of hydrogen-bond acceptors (Lipinski definition) is 31. The summed E-state index contributed by atoms with van der Waals surface area (Å²) in [6, 6.07) is 3.05. The number of fused-ring (bicyclic) bond motifs is 8. The van der Waals surface area contributed by atoms with Gasteiger partial charge in [0, 0.05) is 85.4 Å². The number of primary amides is 2. The van der Waals surface area contributed by atoms with Gasteiger partial charge in [0.25, 0.3) is 0 Å². The summed E-state index contributed by atoms with van der Waals surface area (Å²) in [4.78, 5) is 279. The summed E-state index contributed by atoms with van der Waals surface area (Å²) in [5, 5.41) is 77.9. The average molecular weight is 2110 g/mol. The molecule has 13 amide bonds. The second-order valence-corrected chi connectivity index (χ2v) is 45.3. The number of benzene rings is 5. The van der Waals surface area contributed by atoms with E-state index in [9.17, 15) is 132 Å². The Balaban J connectivity index is 1.42. The number of amides is 13. The summed E-state index contributed by atoms with van der Waals surface area (Å²) in [5.41, 5.74) is 16.8. The van der Waals surface area contributed by atoms with E-state index in [0.717, 1.165) is 13.8 Å². The molecule has 2 aliphatic heterocycles. The molecule has 0 saturated heterocycles. The standard InChI is InChI=1S/C92H118N14O31S6/c1-48(93)71(108)38-57-46-139-28-31-142(134,135)60-39-59-40-61(41-60)143(136,137)32-29-140-47-70(105-82(122)50(3)96-83(123)55(35-54-17-12-16-53-15-10-11-18-62(53)54)36-72(109)63(23-25-75(112)113)98-88(128)67(42-74(94)111)100-81(121)49(2)97-84(57)124)91(131)99-64(24-26-76(114)115)85(125)103-68(43-77(116)117)89(129)102-65(33-51-13-8-7-9-14-51)86(126)101-66(34-52-19-21-58(107)22-20-52)87(127)104-69(44-78(118)119)90(130)106-79(92(4,5)6)73(110)37-56(80(95)120)45-138-27-30-141(59,132)133/h7-22,39-41,48-50,55-57,63-70,79,107H,23-38,42-47,93H2,1-6H3,(H2,94,111)(H2,95,120)(H,96,123)(H,97,124)(H,98,128)(H,99,131)(H,100,121)(H,101,126)(H,102,129)(H,103,125)(H,104,127)(H,105,122)(H,106,130)(H,112,113)(H,114,115)(H,116,117)(H,118,119)/t48-,49+,50+,55+,56-,57-,63-,64-,65-,66-,67-,68-,69-,70+,79+/m0/s1. The van der Waals surface area contributed by atoms with Gasteiger partial charge in [-0.25, -0.2) is 25.3 Å².